The maximum Gasteiger partial charge on any atom is 0.133 e. The van der Waals surface area contributed by atoms with Gasteiger partial charge in [0.25, 0.3) is 0 Å². The Morgan fingerprint density at radius 1 is 1.78 bits per heavy atom. The zero-order valence-electron chi connectivity index (χ0n) is 5.89. The van der Waals surface area contributed by atoms with Gasteiger partial charge in [0.1, 0.15) is 5.78 Å². The van der Waals surface area contributed by atoms with Gasteiger partial charge in [-0.05, 0) is 19.3 Å². The minimum Gasteiger partial charge on any atom is -0.384 e. The Labute approximate surface area is 55.2 Å². The summed E-state index contributed by atoms with van der Waals surface area (Å²) in [4.78, 5) is 10.6. The number of hydrogen-bond acceptors (Lipinski definition) is 2. The Balaban J connectivity index is 2.17. The van der Waals surface area contributed by atoms with Gasteiger partial charge in [0.15, 0.2) is 0 Å². The second-order valence-electron chi connectivity index (χ2n) is 2.67. The van der Waals surface area contributed by atoms with Crippen molar-refractivity contribution in [3.63, 3.8) is 0 Å². The Bertz CT molecular complexity index is 120. The summed E-state index contributed by atoms with van der Waals surface area (Å²) in [6.45, 7) is 2.41. The van der Waals surface area contributed by atoms with Crippen molar-refractivity contribution in [3.8, 4) is 0 Å². The number of hydrogen-bond donors (Lipinski definition) is 0. The number of methoxy groups -OCH3 is 1. The average Bonchev–Trinajstić information content (AvgIpc) is 2.47. The van der Waals surface area contributed by atoms with Gasteiger partial charge in [-0.15, -0.1) is 0 Å². The van der Waals surface area contributed by atoms with Crippen molar-refractivity contribution in [3.05, 3.63) is 0 Å². The van der Waals surface area contributed by atoms with Crippen LogP contribution in [0.4, 0.5) is 0 Å². The van der Waals surface area contributed by atoms with E-state index in [1.54, 1.807) is 14.0 Å². The van der Waals surface area contributed by atoms with Crippen molar-refractivity contribution in [2.45, 2.75) is 13.3 Å². The maximum atomic E-state index is 10.6. The molecule has 0 amide bonds. The lowest BCUT2D eigenvalue weighted by Gasteiger charge is -1.92. The van der Waals surface area contributed by atoms with E-state index in [4.69, 9.17) is 4.74 Å². The number of carbonyl (C=O) groups excluding carboxylic acids is 1. The maximum absolute atomic E-state index is 10.6. The minimum atomic E-state index is 0.317. The lowest BCUT2D eigenvalue weighted by atomic mass is 10.2. The standard InChI is InChI=1S/C7H12O2/c1-5(8)7-3-6(7)4-9-2/h6-7H,3-4H2,1-2H3. The number of ketones is 1. The van der Waals surface area contributed by atoms with Gasteiger partial charge in [-0.2, -0.15) is 0 Å². The molecule has 0 radical (unpaired) electrons. The summed E-state index contributed by atoms with van der Waals surface area (Å²) < 4.78 is 4.89. The average molecular weight is 128 g/mol. The van der Waals surface area contributed by atoms with Gasteiger partial charge in [0.2, 0.25) is 0 Å². The van der Waals surface area contributed by atoms with E-state index in [-0.39, 0.29) is 0 Å². The molecule has 1 fully saturated rings. The molecule has 2 heteroatoms. The summed E-state index contributed by atoms with van der Waals surface area (Å²) in [5, 5.41) is 0. The predicted molar refractivity (Wildman–Crippen MR) is 34.2 cm³/mol. The zero-order valence-corrected chi connectivity index (χ0v) is 5.89. The van der Waals surface area contributed by atoms with E-state index >= 15 is 0 Å². The third-order valence-electron chi connectivity index (χ3n) is 1.83. The molecule has 2 nitrogen and oxygen atoms in total. The van der Waals surface area contributed by atoms with Crippen LogP contribution in [0.1, 0.15) is 13.3 Å². The van der Waals surface area contributed by atoms with E-state index in [1.807, 2.05) is 0 Å². The Kier molecular flexibility index (Phi) is 1.86. The van der Waals surface area contributed by atoms with Gasteiger partial charge in [-0.1, -0.05) is 0 Å². The normalized spacial score (nSPS) is 32.2. The summed E-state index contributed by atoms with van der Waals surface area (Å²) in [7, 11) is 1.68. The van der Waals surface area contributed by atoms with Crippen LogP contribution in [0, 0.1) is 11.8 Å². The molecule has 0 aromatic carbocycles. The van der Waals surface area contributed by atoms with E-state index in [0.717, 1.165) is 13.0 Å². The second kappa shape index (κ2) is 2.48. The molecule has 0 saturated heterocycles. The SMILES string of the molecule is COCC1CC1C(C)=O. The summed E-state index contributed by atoms with van der Waals surface area (Å²) in [5.41, 5.74) is 0. The number of rotatable bonds is 3. The van der Waals surface area contributed by atoms with E-state index in [0.29, 0.717) is 17.6 Å². The monoisotopic (exact) mass is 128 g/mol. The molecule has 1 aliphatic rings. The van der Waals surface area contributed by atoms with Gasteiger partial charge in [0.05, 0.1) is 0 Å². The van der Waals surface area contributed by atoms with Crippen LogP contribution in [0.3, 0.4) is 0 Å². The second-order valence-corrected chi connectivity index (χ2v) is 2.67. The van der Waals surface area contributed by atoms with E-state index in [1.165, 1.54) is 0 Å². The molecule has 0 spiro atoms. The molecule has 0 aromatic rings. The highest BCUT2D eigenvalue weighted by Gasteiger charge is 2.40. The van der Waals surface area contributed by atoms with Gasteiger partial charge < -0.3 is 4.74 Å². The van der Waals surface area contributed by atoms with Crippen LogP contribution in [0.25, 0.3) is 0 Å². The largest absolute Gasteiger partial charge is 0.384 e. The van der Waals surface area contributed by atoms with Gasteiger partial charge in [-0.25, -0.2) is 0 Å². The van der Waals surface area contributed by atoms with Crippen LogP contribution in [-0.4, -0.2) is 19.5 Å². The summed E-state index contributed by atoms with van der Waals surface area (Å²) in [6.07, 6.45) is 1.04. The molecule has 1 rings (SSSR count). The molecule has 0 heterocycles. The van der Waals surface area contributed by atoms with E-state index in [9.17, 15) is 4.79 Å². The highest BCUT2D eigenvalue weighted by atomic mass is 16.5. The first-order chi connectivity index (χ1) is 4.25. The topological polar surface area (TPSA) is 26.3 Å². The van der Waals surface area contributed by atoms with Crippen LogP contribution in [-0.2, 0) is 9.53 Å². The van der Waals surface area contributed by atoms with Crippen molar-refractivity contribution in [2.24, 2.45) is 11.8 Å². The summed E-state index contributed by atoms with van der Waals surface area (Å²) in [6, 6.07) is 0. The van der Waals surface area contributed by atoms with Crippen LogP contribution in [0.5, 0.6) is 0 Å². The van der Waals surface area contributed by atoms with Crippen molar-refractivity contribution >= 4 is 5.78 Å². The van der Waals surface area contributed by atoms with Crippen LogP contribution < -0.4 is 0 Å². The fourth-order valence-electron chi connectivity index (χ4n) is 1.14. The lowest BCUT2D eigenvalue weighted by molar-refractivity contribution is -0.118. The van der Waals surface area contributed by atoms with Gasteiger partial charge >= 0.3 is 0 Å². The van der Waals surface area contributed by atoms with Gasteiger partial charge in [0, 0.05) is 19.6 Å². The molecule has 9 heavy (non-hydrogen) atoms. The quantitative estimate of drug-likeness (QED) is 0.563. The third-order valence-corrected chi connectivity index (χ3v) is 1.83. The van der Waals surface area contributed by atoms with Gasteiger partial charge in [-0.3, -0.25) is 4.79 Å². The summed E-state index contributed by atoms with van der Waals surface area (Å²) in [5.74, 6) is 1.18. The van der Waals surface area contributed by atoms with Crippen LogP contribution in [0.15, 0.2) is 0 Å². The van der Waals surface area contributed by atoms with Crippen molar-refractivity contribution in [2.75, 3.05) is 13.7 Å². The highest BCUT2D eigenvalue weighted by molar-refractivity contribution is 5.81. The molecule has 52 valence electrons. The molecule has 1 saturated carbocycles. The first-order valence-corrected chi connectivity index (χ1v) is 3.25. The fraction of sp³-hybridized carbons (Fsp3) is 0.857. The number of ether oxygens (including phenoxy) is 1. The molecule has 0 aromatic heterocycles. The Morgan fingerprint density at radius 2 is 2.44 bits per heavy atom. The molecule has 1 aliphatic carbocycles. The molecular weight excluding hydrogens is 116 g/mol. The first-order valence-electron chi connectivity index (χ1n) is 3.25. The van der Waals surface area contributed by atoms with E-state index in [2.05, 4.69) is 0 Å². The van der Waals surface area contributed by atoms with Crippen molar-refractivity contribution < 1.29 is 9.53 Å². The third kappa shape index (κ3) is 1.52. The smallest absolute Gasteiger partial charge is 0.133 e. The number of Topliss-reactive ketones (excluding diaryl/α,β-unsaturated/α-hetero) is 1. The first kappa shape index (κ1) is 6.75. The molecule has 0 bridgehead atoms. The zero-order chi connectivity index (χ0) is 6.85. The lowest BCUT2D eigenvalue weighted by Crippen LogP contribution is -1.99. The van der Waals surface area contributed by atoms with Crippen LogP contribution in [0.2, 0.25) is 0 Å². The molecular formula is C7H12O2. The molecule has 2 atom stereocenters. The van der Waals surface area contributed by atoms with E-state index < -0.39 is 0 Å². The Morgan fingerprint density at radius 3 is 2.78 bits per heavy atom. The van der Waals surface area contributed by atoms with Crippen molar-refractivity contribution in [1.82, 2.24) is 0 Å². The fourth-order valence-corrected chi connectivity index (χ4v) is 1.14. The number of carbonyl (C=O) groups is 1. The molecule has 0 aliphatic heterocycles. The minimum absolute atomic E-state index is 0.317. The highest BCUT2D eigenvalue weighted by Crippen LogP contribution is 2.38. The predicted octanol–water partition coefficient (Wildman–Crippen LogP) is 0.858. The summed E-state index contributed by atoms with van der Waals surface area (Å²) >= 11 is 0. The van der Waals surface area contributed by atoms with Crippen LogP contribution >= 0.6 is 0 Å². The Hall–Kier alpha value is -0.370. The molecule has 0 N–H and O–H groups in total. The van der Waals surface area contributed by atoms with Crippen molar-refractivity contribution in [1.29, 1.82) is 0 Å². The molecule has 2 unspecified atom stereocenters.